The van der Waals surface area contributed by atoms with Crippen molar-refractivity contribution < 1.29 is 19.1 Å². The third kappa shape index (κ3) is 5.14. The number of nitrogens with zero attached hydrogens (tertiary/aromatic N) is 4. The first-order valence-electron chi connectivity index (χ1n) is 11.0. The van der Waals surface area contributed by atoms with Crippen LogP contribution in [0.3, 0.4) is 0 Å². The van der Waals surface area contributed by atoms with Crippen LogP contribution in [-0.4, -0.2) is 56.8 Å². The Kier molecular flexibility index (Phi) is 6.33. The van der Waals surface area contributed by atoms with Crippen molar-refractivity contribution in [1.29, 1.82) is 0 Å². The highest BCUT2D eigenvalue weighted by molar-refractivity contribution is 5.95. The predicted molar refractivity (Wildman–Crippen MR) is 124 cm³/mol. The Morgan fingerprint density at radius 3 is 2.73 bits per heavy atom. The minimum Gasteiger partial charge on any atom is -0.444 e. The van der Waals surface area contributed by atoms with Crippen LogP contribution in [0.2, 0.25) is 0 Å². The number of methoxy groups -OCH3 is 1. The standard InChI is InChI=1S/C24H29N5O4/c1-24(2,3)33-23(31)28-13-7-10-19(28)21(30)26-22-25-20-12-11-16(14-29(20)27-22)18-9-6-5-8-17(18)15-32-4/h5-6,8-9,11-12,14,19H,7,10,13,15H2,1-4H3,(H,26,27,30)/t19-/m1/s1. The third-order valence-electron chi connectivity index (χ3n) is 5.38. The number of amides is 2. The molecule has 174 valence electrons. The minimum absolute atomic E-state index is 0.193. The molecule has 2 amide bonds. The van der Waals surface area contributed by atoms with Gasteiger partial charge in [-0.1, -0.05) is 24.3 Å². The Labute approximate surface area is 192 Å². The van der Waals surface area contributed by atoms with Gasteiger partial charge in [-0.15, -0.1) is 5.10 Å². The lowest BCUT2D eigenvalue weighted by Crippen LogP contribution is -2.45. The van der Waals surface area contributed by atoms with E-state index in [2.05, 4.69) is 15.4 Å². The SMILES string of the molecule is COCc1ccccc1-c1ccc2nc(NC(=O)[C@H]3CCCN3C(=O)OC(C)(C)C)nn2c1. The molecule has 1 N–H and O–H groups in total. The van der Waals surface area contributed by atoms with E-state index < -0.39 is 17.7 Å². The monoisotopic (exact) mass is 451 g/mol. The zero-order valence-corrected chi connectivity index (χ0v) is 19.4. The second-order valence-corrected chi connectivity index (χ2v) is 9.07. The average molecular weight is 452 g/mol. The number of benzene rings is 1. The predicted octanol–water partition coefficient (Wildman–Crippen LogP) is 3.88. The quantitative estimate of drug-likeness (QED) is 0.632. The molecule has 0 spiro atoms. The molecule has 0 unspecified atom stereocenters. The third-order valence-corrected chi connectivity index (χ3v) is 5.38. The largest absolute Gasteiger partial charge is 0.444 e. The Balaban J connectivity index is 1.52. The first-order chi connectivity index (χ1) is 15.7. The average Bonchev–Trinajstić information content (AvgIpc) is 3.39. The van der Waals surface area contributed by atoms with Crippen LogP contribution in [0, 0.1) is 0 Å². The van der Waals surface area contributed by atoms with Crippen molar-refractivity contribution in [2.75, 3.05) is 19.0 Å². The van der Waals surface area contributed by atoms with Crippen molar-refractivity contribution in [2.45, 2.75) is 51.9 Å². The van der Waals surface area contributed by atoms with Crippen LogP contribution >= 0.6 is 0 Å². The molecule has 1 fully saturated rings. The van der Waals surface area contributed by atoms with Gasteiger partial charge in [0.15, 0.2) is 5.65 Å². The number of hydrogen-bond donors (Lipinski definition) is 1. The summed E-state index contributed by atoms with van der Waals surface area (Å²) < 4.78 is 12.4. The Bertz CT molecular complexity index is 1170. The summed E-state index contributed by atoms with van der Waals surface area (Å²) in [4.78, 5) is 31.3. The molecule has 0 bridgehead atoms. The van der Waals surface area contributed by atoms with Gasteiger partial charge in [-0.3, -0.25) is 15.0 Å². The van der Waals surface area contributed by atoms with Gasteiger partial charge in [-0.2, -0.15) is 4.98 Å². The van der Waals surface area contributed by atoms with Crippen molar-refractivity contribution in [3.05, 3.63) is 48.2 Å². The van der Waals surface area contributed by atoms with Crippen LogP contribution in [0.4, 0.5) is 10.7 Å². The van der Waals surface area contributed by atoms with E-state index in [4.69, 9.17) is 9.47 Å². The number of carbonyl (C=O) groups is 2. The minimum atomic E-state index is -0.622. The van der Waals surface area contributed by atoms with Crippen molar-refractivity contribution in [1.82, 2.24) is 19.5 Å². The number of anilines is 1. The zero-order valence-electron chi connectivity index (χ0n) is 19.4. The summed E-state index contributed by atoms with van der Waals surface area (Å²) in [5.41, 5.74) is 3.06. The number of ether oxygens (including phenoxy) is 2. The summed E-state index contributed by atoms with van der Waals surface area (Å²) in [6, 6.07) is 11.2. The van der Waals surface area contributed by atoms with Crippen LogP contribution in [0.25, 0.3) is 16.8 Å². The van der Waals surface area contributed by atoms with Gasteiger partial charge in [0.25, 0.3) is 0 Å². The maximum atomic E-state index is 12.9. The van der Waals surface area contributed by atoms with E-state index in [0.717, 1.165) is 23.1 Å². The maximum absolute atomic E-state index is 12.9. The van der Waals surface area contributed by atoms with E-state index in [1.165, 1.54) is 4.90 Å². The van der Waals surface area contributed by atoms with E-state index in [9.17, 15) is 9.59 Å². The van der Waals surface area contributed by atoms with Gasteiger partial charge in [0, 0.05) is 25.4 Å². The number of carbonyl (C=O) groups excluding carboxylic acids is 2. The molecule has 9 nitrogen and oxygen atoms in total. The summed E-state index contributed by atoms with van der Waals surface area (Å²) in [7, 11) is 1.67. The molecule has 3 heterocycles. The molecule has 33 heavy (non-hydrogen) atoms. The van der Waals surface area contributed by atoms with Gasteiger partial charge in [-0.25, -0.2) is 9.31 Å². The molecule has 0 saturated carbocycles. The number of pyridine rings is 1. The Morgan fingerprint density at radius 2 is 1.97 bits per heavy atom. The number of rotatable bonds is 5. The number of fused-ring (bicyclic) bond motifs is 1. The fourth-order valence-corrected chi connectivity index (χ4v) is 3.95. The highest BCUT2D eigenvalue weighted by atomic mass is 16.6. The number of aromatic nitrogens is 3. The van der Waals surface area contributed by atoms with Crippen LogP contribution in [0.1, 0.15) is 39.2 Å². The van der Waals surface area contributed by atoms with Crippen LogP contribution in [0.15, 0.2) is 42.6 Å². The van der Waals surface area contributed by atoms with E-state index in [1.807, 2.05) is 42.6 Å². The molecule has 1 saturated heterocycles. The molecule has 2 aromatic heterocycles. The van der Waals surface area contributed by atoms with Crippen LogP contribution in [0.5, 0.6) is 0 Å². The van der Waals surface area contributed by atoms with E-state index in [-0.39, 0.29) is 11.9 Å². The van der Waals surface area contributed by atoms with E-state index >= 15 is 0 Å². The summed E-state index contributed by atoms with van der Waals surface area (Å²) in [6.07, 6.45) is 2.69. The lowest BCUT2D eigenvalue weighted by Gasteiger charge is -2.27. The smallest absolute Gasteiger partial charge is 0.410 e. The molecule has 1 atom stereocenters. The van der Waals surface area contributed by atoms with E-state index in [0.29, 0.717) is 25.2 Å². The molecule has 1 aliphatic rings. The summed E-state index contributed by atoms with van der Waals surface area (Å²) in [6.45, 7) is 6.40. The van der Waals surface area contributed by atoms with Gasteiger partial charge in [0.1, 0.15) is 11.6 Å². The zero-order chi connectivity index (χ0) is 23.6. The molecule has 4 rings (SSSR count). The Morgan fingerprint density at radius 1 is 1.18 bits per heavy atom. The molecular formula is C24H29N5O4. The highest BCUT2D eigenvalue weighted by Gasteiger charge is 2.37. The molecule has 1 aromatic carbocycles. The van der Waals surface area contributed by atoms with Gasteiger partial charge < -0.3 is 9.47 Å². The van der Waals surface area contributed by atoms with Crippen LogP contribution < -0.4 is 5.32 Å². The molecule has 9 heteroatoms. The normalized spacial score (nSPS) is 16.2. The fourth-order valence-electron chi connectivity index (χ4n) is 3.95. The lowest BCUT2D eigenvalue weighted by atomic mass is 10.0. The van der Waals surface area contributed by atoms with Gasteiger partial charge >= 0.3 is 6.09 Å². The maximum Gasteiger partial charge on any atom is 0.410 e. The van der Waals surface area contributed by atoms with Crippen molar-refractivity contribution in [3.8, 4) is 11.1 Å². The first kappa shape index (κ1) is 22.7. The molecule has 3 aromatic rings. The van der Waals surface area contributed by atoms with E-state index in [1.54, 1.807) is 32.4 Å². The summed E-state index contributed by atoms with van der Waals surface area (Å²) >= 11 is 0. The summed E-state index contributed by atoms with van der Waals surface area (Å²) in [5.74, 6) is -0.127. The van der Waals surface area contributed by atoms with Crippen molar-refractivity contribution >= 4 is 23.6 Å². The fraction of sp³-hybridized carbons (Fsp3) is 0.417. The van der Waals surface area contributed by atoms with Crippen LogP contribution in [-0.2, 0) is 20.9 Å². The second-order valence-electron chi connectivity index (χ2n) is 9.07. The van der Waals surface area contributed by atoms with Gasteiger partial charge in [0.05, 0.1) is 6.61 Å². The number of likely N-dealkylation sites (tertiary alicyclic amines) is 1. The van der Waals surface area contributed by atoms with Gasteiger partial charge in [-0.05, 0) is 56.9 Å². The topological polar surface area (TPSA) is 98.1 Å². The lowest BCUT2D eigenvalue weighted by molar-refractivity contribution is -0.120. The molecule has 1 aliphatic heterocycles. The number of nitrogens with one attached hydrogen (secondary N) is 1. The van der Waals surface area contributed by atoms with Crippen molar-refractivity contribution in [3.63, 3.8) is 0 Å². The molecule has 0 aliphatic carbocycles. The van der Waals surface area contributed by atoms with Gasteiger partial charge in [0.2, 0.25) is 11.9 Å². The highest BCUT2D eigenvalue weighted by Crippen LogP contribution is 2.25. The second kappa shape index (κ2) is 9.19. The molecular weight excluding hydrogens is 422 g/mol. The first-order valence-corrected chi connectivity index (χ1v) is 11.0. The van der Waals surface area contributed by atoms with Crippen molar-refractivity contribution in [2.24, 2.45) is 0 Å². The number of hydrogen-bond acceptors (Lipinski definition) is 6. The molecule has 0 radical (unpaired) electrons. The summed E-state index contributed by atoms with van der Waals surface area (Å²) in [5, 5.41) is 7.18. The Hall–Kier alpha value is -3.46.